The SMILES string of the molecule is Cc1ccc(S(=O)(=O)N2CCCCC2)cc1NC(=O)COc1ccccc1Br. The Morgan fingerprint density at radius 3 is 2.57 bits per heavy atom. The van der Waals surface area contributed by atoms with Crippen molar-refractivity contribution in [1.29, 1.82) is 0 Å². The number of amides is 1. The number of nitrogens with zero attached hydrogens (tertiary/aromatic N) is 1. The van der Waals surface area contributed by atoms with Crippen LogP contribution in [0.3, 0.4) is 0 Å². The van der Waals surface area contributed by atoms with Crippen LogP contribution in [0.2, 0.25) is 0 Å². The molecule has 28 heavy (non-hydrogen) atoms. The van der Waals surface area contributed by atoms with Gasteiger partial charge in [0.05, 0.1) is 9.37 Å². The van der Waals surface area contributed by atoms with Gasteiger partial charge in [-0.25, -0.2) is 8.42 Å². The molecule has 0 spiro atoms. The van der Waals surface area contributed by atoms with E-state index in [0.717, 1.165) is 29.3 Å². The molecule has 1 heterocycles. The van der Waals surface area contributed by atoms with Crippen LogP contribution in [0.5, 0.6) is 5.75 Å². The molecule has 0 aromatic heterocycles. The molecule has 1 aliphatic rings. The van der Waals surface area contributed by atoms with Crippen LogP contribution in [0.1, 0.15) is 24.8 Å². The highest BCUT2D eigenvalue weighted by atomic mass is 79.9. The lowest BCUT2D eigenvalue weighted by atomic mass is 10.2. The predicted molar refractivity (Wildman–Crippen MR) is 112 cm³/mol. The van der Waals surface area contributed by atoms with Crippen molar-refractivity contribution in [1.82, 2.24) is 4.31 Å². The molecule has 1 fully saturated rings. The van der Waals surface area contributed by atoms with Gasteiger partial charge in [-0.2, -0.15) is 4.31 Å². The normalized spacial score (nSPS) is 15.2. The molecule has 0 radical (unpaired) electrons. The van der Waals surface area contributed by atoms with Crippen LogP contribution in [-0.2, 0) is 14.8 Å². The van der Waals surface area contributed by atoms with E-state index in [2.05, 4.69) is 21.2 Å². The Morgan fingerprint density at radius 1 is 1.14 bits per heavy atom. The fourth-order valence-electron chi connectivity index (χ4n) is 3.04. The fraction of sp³-hybridized carbons (Fsp3) is 0.350. The summed E-state index contributed by atoms with van der Waals surface area (Å²) >= 11 is 3.37. The van der Waals surface area contributed by atoms with Crippen LogP contribution in [0.25, 0.3) is 0 Å². The maximum absolute atomic E-state index is 12.9. The van der Waals surface area contributed by atoms with Gasteiger partial charge in [-0.05, 0) is 65.5 Å². The first-order chi connectivity index (χ1) is 13.4. The van der Waals surface area contributed by atoms with E-state index in [9.17, 15) is 13.2 Å². The average molecular weight is 467 g/mol. The maximum atomic E-state index is 12.9. The zero-order valence-corrected chi connectivity index (χ0v) is 18.1. The molecular weight excluding hydrogens is 444 g/mol. The molecule has 2 aromatic carbocycles. The van der Waals surface area contributed by atoms with Crippen molar-refractivity contribution in [2.75, 3.05) is 25.0 Å². The molecule has 1 amide bonds. The maximum Gasteiger partial charge on any atom is 0.262 e. The lowest BCUT2D eigenvalue weighted by Gasteiger charge is -2.26. The summed E-state index contributed by atoms with van der Waals surface area (Å²) in [6.07, 6.45) is 2.81. The smallest absolute Gasteiger partial charge is 0.262 e. The summed E-state index contributed by atoms with van der Waals surface area (Å²) in [5.41, 5.74) is 1.26. The summed E-state index contributed by atoms with van der Waals surface area (Å²) in [6, 6.07) is 12.1. The second kappa shape index (κ2) is 9.07. The molecule has 1 N–H and O–H groups in total. The summed E-state index contributed by atoms with van der Waals surface area (Å²) in [4.78, 5) is 12.5. The second-order valence-electron chi connectivity index (χ2n) is 6.71. The number of nitrogens with one attached hydrogen (secondary N) is 1. The molecule has 0 bridgehead atoms. The molecule has 2 aromatic rings. The number of para-hydroxylation sites is 1. The van der Waals surface area contributed by atoms with E-state index in [0.29, 0.717) is 24.5 Å². The Labute approximate surface area is 174 Å². The molecule has 0 saturated carbocycles. The van der Waals surface area contributed by atoms with Crippen molar-refractivity contribution in [2.45, 2.75) is 31.1 Å². The van der Waals surface area contributed by atoms with Crippen molar-refractivity contribution in [3.63, 3.8) is 0 Å². The predicted octanol–water partition coefficient (Wildman–Crippen LogP) is 3.95. The fourth-order valence-corrected chi connectivity index (χ4v) is 4.99. The van der Waals surface area contributed by atoms with E-state index in [1.165, 1.54) is 10.4 Å². The summed E-state index contributed by atoms with van der Waals surface area (Å²) < 4.78 is 33.5. The number of hydrogen-bond donors (Lipinski definition) is 1. The zero-order valence-electron chi connectivity index (χ0n) is 15.7. The largest absolute Gasteiger partial charge is 0.483 e. The summed E-state index contributed by atoms with van der Waals surface area (Å²) in [6.45, 7) is 2.72. The van der Waals surface area contributed by atoms with Crippen molar-refractivity contribution >= 4 is 37.5 Å². The summed E-state index contributed by atoms with van der Waals surface area (Å²) in [7, 11) is -3.55. The van der Waals surface area contributed by atoms with E-state index in [-0.39, 0.29) is 17.4 Å². The van der Waals surface area contributed by atoms with Gasteiger partial charge in [0.25, 0.3) is 5.91 Å². The van der Waals surface area contributed by atoms with Gasteiger partial charge in [0, 0.05) is 18.8 Å². The number of ether oxygens (including phenoxy) is 1. The van der Waals surface area contributed by atoms with E-state index in [4.69, 9.17) is 4.74 Å². The third-order valence-corrected chi connectivity index (χ3v) is 7.18. The highest BCUT2D eigenvalue weighted by molar-refractivity contribution is 9.10. The van der Waals surface area contributed by atoms with Crippen molar-refractivity contribution in [3.8, 4) is 5.75 Å². The van der Waals surface area contributed by atoms with Gasteiger partial charge in [0.1, 0.15) is 5.75 Å². The molecule has 6 nitrogen and oxygen atoms in total. The quantitative estimate of drug-likeness (QED) is 0.698. The minimum atomic E-state index is -3.55. The van der Waals surface area contributed by atoms with Crippen LogP contribution in [0, 0.1) is 6.92 Å². The standard InChI is InChI=1S/C20H23BrN2O4S/c1-15-9-10-16(28(25,26)23-11-5-2-6-12-23)13-18(15)22-20(24)14-27-19-8-4-3-7-17(19)21/h3-4,7-10,13H,2,5-6,11-12,14H2,1H3,(H,22,24). The first kappa shape index (κ1) is 20.8. The molecular formula is C20H23BrN2O4S. The lowest BCUT2D eigenvalue weighted by Crippen LogP contribution is -2.35. The minimum Gasteiger partial charge on any atom is -0.483 e. The zero-order chi connectivity index (χ0) is 20.1. The Morgan fingerprint density at radius 2 is 1.86 bits per heavy atom. The Bertz CT molecular complexity index is 956. The van der Waals surface area contributed by atoms with E-state index >= 15 is 0 Å². The third-order valence-electron chi connectivity index (χ3n) is 4.63. The minimum absolute atomic E-state index is 0.175. The van der Waals surface area contributed by atoms with Gasteiger partial charge in [-0.3, -0.25) is 4.79 Å². The van der Waals surface area contributed by atoms with Gasteiger partial charge < -0.3 is 10.1 Å². The first-order valence-electron chi connectivity index (χ1n) is 9.16. The topological polar surface area (TPSA) is 75.7 Å². The number of aryl methyl sites for hydroxylation is 1. The molecule has 0 unspecified atom stereocenters. The number of benzene rings is 2. The molecule has 0 atom stereocenters. The average Bonchev–Trinajstić information content (AvgIpc) is 2.69. The van der Waals surface area contributed by atoms with Crippen molar-refractivity contribution in [3.05, 3.63) is 52.5 Å². The van der Waals surface area contributed by atoms with Gasteiger partial charge in [-0.15, -0.1) is 0 Å². The monoisotopic (exact) mass is 466 g/mol. The van der Waals surface area contributed by atoms with Crippen LogP contribution in [0.4, 0.5) is 5.69 Å². The second-order valence-corrected chi connectivity index (χ2v) is 9.50. The Kier molecular flexibility index (Phi) is 6.74. The van der Waals surface area contributed by atoms with E-state index < -0.39 is 10.0 Å². The molecule has 1 aliphatic heterocycles. The lowest BCUT2D eigenvalue weighted by molar-refractivity contribution is -0.118. The third kappa shape index (κ3) is 4.92. The van der Waals surface area contributed by atoms with Crippen LogP contribution >= 0.6 is 15.9 Å². The highest BCUT2D eigenvalue weighted by Crippen LogP contribution is 2.26. The van der Waals surface area contributed by atoms with Gasteiger partial charge in [0.2, 0.25) is 10.0 Å². The Hall–Kier alpha value is -1.90. The molecule has 3 rings (SSSR count). The van der Waals surface area contributed by atoms with Crippen molar-refractivity contribution in [2.24, 2.45) is 0 Å². The molecule has 150 valence electrons. The number of hydrogen-bond acceptors (Lipinski definition) is 4. The molecule has 0 aliphatic carbocycles. The number of carbonyl (C=O) groups is 1. The van der Waals surface area contributed by atoms with Gasteiger partial charge in [-0.1, -0.05) is 24.6 Å². The number of sulfonamides is 1. The number of halogens is 1. The number of piperidine rings is 1. The molecule has 1 saturated heterocycles. The van der Waals surface area contributed by atoms with Crippen LogP contribution in [-0.4, -0.2) is 38.3 Å². The first-order valence-corrected chi connectivity index (χ1v) is 11.4. The van der Waals surface area contributed by atoms with Gasteiger partial charge in [0.15, 0.2) is 6.61 Å². The van der Waals surface area contributed by atoms with E-state index in [1.54, 1.807) is 18.2 Å². The van der Waals surface area contributed by atoms with Crippen molar-refractivity contribution < 1.29 is 17.9 Å². The number of anilines is 1. The number of rotatable bonds is 6. The van der Waals surface area contributed by atoms with Crippen LogP contribution < -0.4 is 10.1 Å². The summed E-state index contributed by atoms with van der Waals surface area (Å²) in [5.74, 6) is 0.210. The number of carbonyl (C=O) groups excluding carboxylic acids is 1. The molecule has 8 heteroatoms. The highest BCUT2D eigenvalue weighted by Gasteiger charge is 2.26. The summed E-state index contributed by atoms with van der Waals surface area (Å²) in [5, 5.41) is 2.75. The Balaban J connectivity index is 1.71. The van der Waals surface area contributed by atoms with Gasteiger partial charge >= 0.3 is 0 Å². The van der Waals surface area contributed by atoms with E-state index in [1.807, 2.05) is 25.1 Å². The van der Waals surface area contributed by atoms with Crippen LogP contribution in [0.15, 0.2) is 51.8 Å².